The largest absolute Gasteiger partial charge is 0.367 e. The summed E-state index contributed by atoms with van der Waals surface area (Å²) in [5, 5.41) is 4.51. The first kappa shape index (κ1) is 32.9. The number of hydrogen-bond acceptors (Lipinski definition) is 0. The molecule has 1 atom stereocenters. The molecule has 8 fully saturated rings. The van der Waals surface area contributed by atoms with Crippen molar-refractivity contribution in [1.82, 2.24) is 9.97 Å². The van der Waals surface area contributed by atoms with Gasteiger partial charge in [-0.25, -0.2) is 0 Å². The Hall–Kier alpha value is -0.926. The van der Waals surface area contributed by atoms with Gasteiger partial charge in [-0.05, 0) is 163 Å². The average Bonchev–Trinajstić information content (AvgIpc) is 3.73. The van der Waals surface area contributed by atoms with E-state index < -0.39 is 16.1 Å². The lowest BCUT2D eigenvalue weighted by Crippen LogP contribution is -2.57. The molecule has 258 valence electrons. The minimum absolute atomic E-state index is 0.148. The van der Waals surface area contributed by atoms with Gasteiger partial charge in [-0.15, -0.1) is 9.24 Å². The van der Waals surface area contributed by atoms with E-state index in [1.54, 1.807) is 98.6 Å². The van der Waals surface area contributed by atoms with E-state index in [9.17, 15) is 0 Å². The zero-order valence-electron chi connectivity index (χ0n) is 30.8. The molecular weight excluding hydrogens is 651 g/mol. The van der Waals surface area contributed by atoms with E-state index in [0.29, 0.717) is 10.3 Å². The van der Waals surface area contributed by atoms with Crippen molar-refractivity contribution in [3.8, 4) is 0 Å². The molecule has 0 spiro atoms. The van der Waals surface area contributed by atoms with Gasteiger partial charge in [-0.1, -0.05) is 69.7 Å². The number of hydrogen-bond donors (Lipinski definition) is 2. The highest BCUT2D eigenvalue weighted by Crippen LogP contribution is 2.80. The number of rotatable bonds is 9. The molecule has 2 nitrogen and oxygen atoms in total. The van der Waals surface area contributed by atoms with Crippen molar-refractivity contribution in [3.63, 3.8) is 0 Å². The monoisotopic (exact) mass is 712 g/mol. The zero-order valence-corrected chi connectivity index (χ0v) is 34.8. The molecule has 0 saturated heterocycles. The van der Waals surface area contributed by atoms with Crippen molar-refractivity contribution in [2.75, 3.05) is 0 Å². The number of nitrogens with one attached hydrogen (secondary N) is 2. The fourth-order valence-electron chi connectivity index (χ4n) is 13.8. The van der Waals surface area contributed by atoms with Gasteiger partial charge in [0, 0.05) is 24.8 Å². The molecule has 0 aliphatic heterocycles. The summed E-state index contributed by atoms with van der Waals surface area (Å²) in [5.74, 6) is 6.18. The standard InChI is InChI=1S/C42H62N2P2Si2/c1-47(2,3)38-17-34(37(18-39(38)48(4,5)6)42(45,35-7-9-43-25-35)36-8-10-44-26-36)27-46(40-19-28-11-29(20-40)13-30(12-28)21-40)41-22-31-14-32(23-41)16-33(15-31)24-41/h7-10,17-18,25-26,28-33,43-44H,11-16,19-24,27,45H2,1-6H3. The van der Waals surface area contributed by atoms with Gasteiger partial charge in [-0.2, -0.15) is 0 Å². The lowest BCUT2D eigenvalue weighted by molar-refractivity contribution is 0.0184. The van der Waals surface area contributed by atoms with Gasteiger partial charge in [0.1, 0.15) is 0 Å². The third kappa shape index (κ3) is 5.26. The summed E-state index contributed by atoms with van der Waals surface area (Å²) in [6.45, 7) is 15.7. The summed E-state index contributed by atoms with van der Waals surface area (Å²) in [6, 6.07) is 10.4. The van der Waals surface area contributed by atoms with Gasteiger partial charge in [0.25, 0.3) is 0 Å². The normalized spacial score (nSPS) is 36.2. The highest BCUT2D eigenvalue weighted by atomic mass is 31.1. The predicted molar refractivity (Wildman–Crippen MR) is 216 cm³/mol. The average molecular weight is 713 g/mol. The van der Waals surface area contributed by atoms with Crippen LogP contribution in [0.15, 0.2) is 49.1 Å². The number of H-pyrrole nitrogens is 2. The van der Waals surface area contributed by atoms with Crippen molar-refractivity contribution in [2.45, 2.75) is 138 Å². The minimum Gasteiger partial charge on any atom is -0.367 e. The maximum absolute atomic E-state index is 3.48. The van der Waals surface area contributed by atoms with Crippen molar-refractivity contribution in [2.24, 2.45) is 35.5 Å². The van der Waals surface area contributed by atoms with Crippen molar-refractivity contribution in [1.29, 1.82) is 0 Å². The van der Waals surface area contributed by atoms with Crippen LogP contribution in [0.4, 0.5) is 0 Å². The van der Waals surface area contributed by atoms with Crippen LogP contribution < -0.4 is 10.4 Å². The summed E-state index contributed by atoms with van der Waals surface area (Å²) < 4.78 is 0. The van der Waals surface area contributed by atoms with Gasteiger partial charge in [-0.3, -0.25) is 0 Å². The maximum atomic E-state index is 3.48. The first-order valence-electron chi connectivity index (χ1n) is 19.8. The van der Waals surface area contributed by atoms with E-state index in [4.69, 9.17) is 0 Å². The molecule has 2 aromatic heterocycles. The summed E-state index contributed by atoms with van der Waals surface area (Å²) in [5.41, 5.74) is 6.10. The first-order valence-corrected chi connectivity index (χ1v) is 28.9. The molecule has 3 aromatic rings. The van der Waals surface area contributed by atoms with Crippen LogP contribution in [0.3, 0.4) is 0 Å². The van der Waals surface area contributed by atoms with Gasteiger partial charge in [0.2, 0.25) is 0 Å². The second-order valence-electron chi connectivity index (χ2n) is 20.4. The van der Waals surface area contributed by atoms with E-state index in [-0.39, 0.29) is 13.1 Å². The number of aromatic nitrogens is 2. The highest BCUT2D eigenvalue weighted by molar-refractivity contribution is 7.60. The fourth-order valence-corrected chi connectivity index (χ4v) is 24.8. The quantitative estimate of drug-likeness (QED) is 0.164. The molecule has 8 aliphatic rings. The molecule has 8 aliphatic carbocycles. The van der Waals surface area contributed by atoms with Crippen LogP contribution in [0.2, 0.25) is 39.3 Å². The van der Waals surface area contributed by atoms with Crippen LogP contribution in [-0.4, -0.2) is 36.4 Å². The number of benzene rings is 1. The molecular formula is C42H62N2P2Si2. The second-order valence-corrected chi connectivity index (χ2v) is 34.4. The van der Waals surface area contributed by atoms with E-state index in [0.717, 1.165) is 35.5 Å². The molecule has 48 heavy (non-hydrogen) atoms. The van der Waals surface area contributed by atoms with Gasteiger partial charge in [0.05, 0.1) is 21.3 Å². The van der Waals surface area contributed by atoms with Crippen molar-refractivity contribution >= 4 is 43.7 Å². The van der Waals surface area contributed by atoms with E-state index in [1.165, 1.54) is 17.3 Å². The van der Waals surface area contributed by atoms with Crippen LogP contribution in [0, 0.1) is 35.5 Å². The highest BCUT2D eigenvalue weighted by Gasteiger charge is 2.62. The minimum atomic E-state index is -1.63. The third-order valence-electron chi connectivity index (χ3n) is 14.9. The first-order chi connectivity index (χ1) is 22.7. The lowest BCUT2D eigenvalue weighted by atomic mass is 9.55. The van der Waals surface area contributed by atoms with Crippen molar-refractivity contribution in [3.05, 3.63) is 71.3 Å². The molecule has 0 amide bonds. The fraction of sp³-hybridized carbons (Fsp3) is 0.667. The topological polar surface area (TPSA) is 31.6 Å². The molecule has 2 heterocycles. The summed E-state index contributed by atoms with van der Waals surface area (Å²) in [4.78, 5) is 6.96. The smallest absolute Gasteiger partial charge is 0.0774 e. The van der Waals surface area contributed by atoms with Crippen LogP contribution in [-0.2, 0) is 11.3 Å². The Morgan fingerprint density at radius 3 is 1.35 bits per heavy atom. The Balaban J connectivity index is 1.27. The molecule has 6 heteroatoms. The molecule has 2 N–H and O–H groups in total. The van der Waals surface area contributed by atoms with E-state index >= 15 is 0 Å². The second kappa shape index (κ2) is 11.3. The van der Waals surface area contributed by atoms with Crippen LogP contribution in [0.25, 0.3) is 0 Å². The molecule has 8 saturated carbocycles. The summed E-state index contributed by atoms with van der Waals surface area (Å²) in [7, 11) is 0.0941. The van der Waals surface area contributed by atoms with Gasteiger partial charge < -0.3 is 9.97 Å². The van der Waals surface area contributed by atoms with Gasteiger partial charge in [0.15, 0.2) is 0 Å². The lowest BCUT2D eigenvalue weighted by Gasteiger charge is -2.67. The Labute approximate surface area is 297 Å². The maximum Gasteiger partial charge on any atom is 0.0774 e. The van der Waals surface area contributed by atoms with Crippen molar-refractivity contribution < 1.29 is 0 Å². The van der Waals surface area contributed by atoms with Crippen LogP contribution >= 0.6 is 17.2 Å². The molecule has 1 aromatic carbocycles. The third-order valence-corrected chi connectivity index (χ3v) is 24.2. The molecule has 8 bridgehead atoms. The van der Waals surface area contributed by atoms with Crippen LogP contribution in [0.1, 0.15) is 99.3 Å². The Bertz CT molecular complexity index is 1510. The molecule has 0 radical (unpaired) electrons. The molecule has 1 unspecified atom stereocenters. The van der Waals surface area contributed by atoms with E-state index in [1.807, 2.05) is 0 Å². The predicted octanol–water partition coefficient (Wildman–Crippen LogP) is 10.5. The zero-order chi connectivity index (χ0) is 33.3. The molecule has 11 rings (SSSR count). The Morgan fingerprint density at radius 2 is 1.02 bits per heavy atom. The van der Waals surface area contributed by atoms with E-state index in [2.05, 4.69) is 108 Å². The summed E-state index contributed by atoms with van der Waals surface area (Å²) in [6.07, 6.45) is 29.1. The Kier molecular flexibility index (Phi) is 7.75. The summed E-state index contributed by atoms with van der Waals surface area (Å²) >= 11 is 0. The van der Waals surface area contributed by atoms with Gasteiger partial charge >= 0.3 is 0 Å². The Morgan fingerprint density at radius 1 is 0.646 bits per heavy atom. The van der Waals surface area contributed by atoms with Crippen LogP contribution in [0.5, 0.6) is 0 Å². The number of aromatic amines is 2. The SMILES string of the molecule is C[Si](C)(C)c1cc(CP(C23CC4CC(CC(C4)C2)C3)C23CC4CC(CC(C4)C2)C3)c(C(P)(c2cc[nH]c2)c2cc[nH]c2)cc1[Si](C)(C)C.